The van der Waals surface area contributed by atoms with Crippen LogP contribution < -0.4 is 0 Å². The molecule has 0 bridgehead atoms. The van der Waals surface area contributed by atoms with Crippen LogP contribution in [0.1, 0.15) is 28.4 Å². The molecule has 126 valence electrons. The number of carbonyl (C=O) groups is 2. The standard InChI is InChI=1S/C19H22N2O3/c1-14-4-6-16(7-5-14)13-21(12-15(2)19(23)24-3)18(22)17-8-10-20-11-9-17/h4-11,15H,12-13H2,1-3H3. The van der Waals surface area contributed by atoms with Crippen molar-refractivity contribution in [1.29, 1.82) is 0 Å². The Labute approximate surface area is 142 Å². The van der Waals surface area contributed by atoms with Crippen molar-refractivity contribution in [2.45, 2.75) is 20.4 Å². The number of hydrogen-bond acceptors (Lipinski definition) is 4. The number of ether oxygens (including phenoxy) is 1. The van der Waals surface area contributed by atoms with Crippen molar-refractivity contribution >= 4 is 11.9 Å². The first kappa shape index (κ1) is 17.7. The molecular formula is C19H22N2O3. The van der Waals surface area contributed by atoms with Crippen LogP contribution in [0.5, 0.6) is 0 Å². The summed E-state index contributed by atoms with van der Waals surface area (Å²) in [5.74, 6) is -0.855. The number of rotatable bonds is 6. The van der Waals surface area contributed by atoms with Crippen molar-refractivity contribution in [1.82, 2.24) is 9.88 Å². The third-order valence-electron chi connectivity index (χ3n) is 3.81. The molecule has 0 N–H and O–H groups in total. The Hall–Kier alpha value is -2.69. The lowest BCUT2D eigenvalue weighted by molar-refractivity contribution is -0.145. The summed E-state index contributed by atoms with van der Waals surface area (Å²) in [5, 5.41) is 0. The molecule has 1 amide bonds. The first-order valence-electron chi connectivity index (χ1n) is 7.84. The molecule has 0 spiro atoms. The van der Waals surface area contributed by atoms with E-state index in [2.05, 4.69) is 4.98 Å². The second kappa shape index (κ2) is 8.24. The third-order valence-corrected chi connectivity index (χ3v) is 3.81. The number of aromatic nitrogens is 1. The van der Waals surface area contributed by atoms with E-state index in [0.717, 1.165) is 11.1 Å². The van der Waals surface area contributed by atoms with E-state index in [9.17, 15) is 9.59 Å². The van der Waals surface area contributed by atoms with Gasteiger partial charge in [-0.25, -0.2) is 0 Å². The van der Waals surface area contributed by atoms with Gasteiger partial charge >= 0.3 is 5.97 Å². The lowest BCUT2D eigenvalue weighted by Gasteiger charge is -2.25. The number of pyridine rings is 1. The van der Waals surface area contributed by atoms with Gasteiger partial charge in [0.05, 0.1) is 13.0 Å². The molecule has 0 aliphatic rings. The largest absolute Gasteiger partial charge is 0.469 e. The molecule has 0 radical (unpaired) electrons. The molecule has 24 heavy (non-hydrogen) atoms. The summed E-state index contributed by atoms with van der Waals surface area (Å²) in [6.45, 7) is 4.50. The van der Waals surface area contributed by atoms with Gasteiger partial charge in [-0.1, -0.05) is 36.8 Å². The zero-order valence-corrected chi connectivity index (χ0v) is 14.2. The molecule has 0 aliphatic carbocycles. The van der Waals surface area contributed by atoms with Gasteiger partial charge in [-0.05, 0) is 24.6 Å². The number of amides is 1. The van der Waals surface area contributed by atoms with Crippen molar-refractivity contribution in [2.24, 2.45) is 5.92 Å². The number of hydrogen-bond donors (Lipinski definition) is 0. The number of methoxy groups -OCH3 is 1. The van der Waals surface area contributed by atoms with E-state index < -0.39 is 5.92 Å². The minimum Gasteiger partial charge on any atom is -0.469 e. The van der Waals surface area contributed by atoms with Gasteiger partial charge in [0.15, 0.2) is 0 Å². The van der Waals surface area contributed by atoms with Crippen molar-refractivity contribution in [3.63, 3.8) is 0 Å². The average Bonchev–Trinajstić information content (AvgIpc) is 2.62. The molecule has 1 unspecified atom stereocenters. The Bertz CT molecular complexity index is 684. The zero-order valence-electron chi connectivity index (χ0n) is 14.2. The van der Waals surface area contributed by atoms with E-state index in [4.69, 9.17) is 4.74 Å². The molecule has 5 nitrogen and oxygen atoms in total. The molecule has 2 aromatic rings. The molecule has 0 saturated heterocycles. The maximum absolute atomic E-state index is 12.8. The summed E-state index contributed by atoms with van der Waals surface area (Å²) in [6.07, 6.45) is 3.17. The first-order chi connectivity index (χ1) is 11.5. The zero-order chi connectivity index (χ0) is 17.5. The van der Waals surface area contributed by atoms with Crippen molar-refractivity contribution < 1.29 is 14.3 Å². The number of esters is 1. The van der Waals surface area contributed by atoms with E-state index in [1.807, 2.05) is 31.2 Å². The predicted octanol–water partition coefficient (Wildman–Crippen LogP) is 2.84. The van der Waals surface area contributed by atoms with E-state index in [0.29, 0.717) is 18.7 Å². The third kappa shape index (κ3) is 4.65. The summed E-state index contributed by atoms with van der Waals surface area (Å²) < 4.78 is 4.78. The smallest absolute Gasteiger partial charge is 0.310 e. The fourth-order valence-electron chi connectivity index (χ4n) is 2.42. The fraction of sp³-hybridized carbons (Fsp3) is 0.316. The number of carbonyl (C=O) groups excluding carboxylic acids is 2. The molecule has 5 heteroatoms. The van der Waals surface area contributed by atoms with Gasteiger partial charge in [-0.2, -0.15) is 0 Å². The average molecular weight is 326 g/mol. The normalized spacial score (nSPS) is 11.6. The fourth-order valence-corrected chi connectivity index (χ4v) is 2.42. The van der Waals surface area contributed by atoms with Gasteiger partial charge in [0.1, 0.15) is 0 Å². The minimum atomic E-state index is -0.397. The van der Waals surface area contributed by atoms with Gasteiger partial charge < -0.3 is 9.64 Å². The van der Waals surface area contributed by atoms with Crippen LogP contribution in [0.25, 0.3) is 0 Å². The summed E-state index contributed by atoms with van der Waals surface area (Å²) in [6, 6.07) is 11.3. The van der Waals surface area contributed by atoms with E-state index >= 15 is 0 Å². The molecule has 0 saturated carbocycles. The van der Waals surface area contributed by atoms with Crippen LogP contribution in [-0.2, 0) is 16.1 Å². The number of nitrogens with zero attached hydrogens (tertiary/aromatic N) is 2. The van der Waals surface area contributed by atoms with Crippen LogP contribution in [0.4, 0.5) is 0 Å². The molecule has 2 rings (SSSR count). The van der Waals surface area contributed by atoms with Gasteiger partial charge in [0.2, 0.25) is 0 Å². The summed E-state index contributed by atoms with van der Waals surface area (Å²) in [5.41, 5.74) is 2.72. The highest BCUT2D eigenvalue weighted by Gasteiger charge is 2.22. The Kier molecular flexibility index (Phi) is 6.07. The molecule has 1 aromatic carbocycles. The summed E-state index contributed by atoms with van der Waals surface area (Å²) >= 11 is 0. The maximum atomic E-state index is 12.8. The predicted molar refractivity (Wildman–Crippen MR) is 91.3 cm³/mol. The van der Waals surface area contributed by atoms with Crippen molar-refractivity contribution in [3.05, 3.63) is 65.5 Å². The van der Waals surface area contributed by atoms with Gasteiger partial charge in [0, 0.05) is 31.0 Å². The highest BCUT2D eigenvalue weighted by Crippen LogP contribution is 2.13. The van der Waals surface area contributed by atoms with E-state index in [1.165, 1.54) is 7.11 Å². The molecule has 1 heterocycles. The lowest BCUT2D eigenvalue weighted by Crippen LogP contribution is -2.36. The quantitative estimate of drug-likeness (QED) is 0.766. The monoisotopic (exact) mass is 326 g/mol. The molecule has 1 aromatic heterocycles. The van der Waals surface area contributed by atoms with Crippen LogP contribution in [0.3, 0.4) is 0 Å². The van der Waals surface area contributed by atoms with Crippen LogP contribution in [-0.4, -0.2) is 35.4 Å². The van der Waals surface area contributed by atoms with Crippen LogP contribution in [0, 0.1) is 12.8 Å². The maximum Gasteiger partial charge on any atom is 0.310 e. The van der Waals surface area contributed by atoms with Crippen molar-refractivity contribution in [3.8, 4) is 0 Å². The summed E-state index contributed by atoms with van der Waals surface area (Å²) in [7, 11) is 1.35. The second-order valence-electron chi connectivity index (χ2n) is 5.83. The van der Waals surface area contributed by atoms with Gasteiger partial charge in [0.25, 0.3) is 5.91 Å². The number of benzene rings is 1. The SMILES string of the molecule is COC(=O)C(C)CN(Cc1ccc(C)cc1)C(=O)c1ccncc1. The first-order valence-corrected chi connectivity index (χ1v) is 7.84. The van der Waals surface area contributed by atoms with E-state index in [1.54, 1.807) is 36.4 Å². The topological polar surface area (TPSA) is 59.5 Å². The van der Waals surface area contributed by atoms with Gasteiger partial charge in [-0.3, -0.25) is 14.6 Å². The second-order valence-corrected chi connectivity index (χ2v) is 5.83. The van der Waals surface area contributed by atoms with Crippen LogP contribution >= 0.6 is 0 Å². The Balaban J connectivity index is 2.21. The molecular weight excluding hydrogens is 304 g/mol. The summed E-state index contributed by atoms with van der Waals surface area (Å²) in [4.78, 5) is 30.1. The van der Waals surface area contributed by atoms with Crippen molar-refractivity contribution in [2.75, 3.05) is 13.7 Å². The minimum absolute atomic E-state index is 0.131. The molecule has 1 atom stereocenters. The van der Waals surface area contributed by atoms with Crippen LogP contribution in [0.2, 0.25) is 0 Å². The number of aryl methyl sites for hydroxylation is 1. The van der Waals surface area contributed by atoms with Crippen LogP contribution in [0.15, 0.2) is 48.8 Å². The van der Waals surface area contributed by atoms with E-state index in [-0.39, 0.29) is 11.9 Å². The molecule has 0 aliphatic heterocycles. The highest BCUT2D eigenvalue weighted by molar-refractivity contribution is 5.94. The Morgan fingerprint density at radius 3 is 2.33 bits per heavy atom. The Morgan fingerprint density at radius 1 is 1.12 bits per heavy atom. The Morgan fingerprint density at radius 2 is 1.75 bits per heavy atom. The lowest BCUT2D eigenvalue weighted by atomic mass is 10.1. The molecule has 0 fully saturated rings. The highest BCUT2D eigenvalue weighted by atomic mass is 16.5. The van der Waals surface area contributed by atoms with Gasteiger partial charge in [-0.15, -0.1) is 0 Å².